The molecule has 0 aromatic rings. The zero-order valence-electron chi connectivity index (χ0n) is 8.71. The maximum atomic E-state index is 9.96. The lowest BCUT2D eigenvalue weighted by molar-refractivity contribution is -0.104. The van der Waals surface area contributed by atoms with E-state index in [-0.39, 0.29) is 0 Å². The number of allylic oxidation sites excluding steroid dienone is 6. The maximum Gasteiger partial charge on any atom is 0.142 e. The molecule has 0 radical (unpaired) electrons. The average molecular weight is 178 g/mol. The van der Waals surface area contributed by atoms with E-state index in [4.69, 9.17) is 0 Å². The minimum Gasteiger partial charge on any atom is -0.299 e. The van der Waals surface area contributed by atoms with Gasteiger partial charge < -0.3 is 0 Å². The summed E-state index contributed by atoms with van der Waals surface area (Å²) in [5.74, 6) is 0. The second-order valence-corrected chi connectivity index (χ2v) is 3.35. The number of rotatable bonds is 5. The van der Waals surface area contributed by atoms with Gasteiger partial charge in [-0.15, -0.1) is 0 Å². The largest absolute Gasteiger partial charge is 0.299 e. The van der Waals surface area contributed by atoms with E-state index in [1.807, 2.05) is 6.08 Å². The Morgan fingerprint density at radius 3 is 2.38 bits per heavy atom. The maximum absolute atomic E-state index is 9.96. The molecule has 0 aliphatic carbocycles. The van der Waals surface area contributed by atoms with Crippen LogP contribution in [0.2, 0.25) is 0 Å². The van der Waals surface area contributed by atoms with Crippen molar-refractivity contribution in [2.45, 2.75) is 33.6 Å². The highest BCUT2D eigenvalue weighted by atomic mass is 16.1. The predicted molar refractivity (Wildman–Crippen MR) is 57.6 cm³/mol. The van der Waals surface area contributed by atoms with E-state index in [9.17, 15) is 4.79 Å². The van der Waals surface area contributed by atoms with E-state index in [0.717, 1.165) is 19.1 Å². The van der Waals surface area contributed by atoms with Crippen LogP contribution in [0.25, 0.3) is 0 Å². The topological polar surface area (TPSA) is 17.1 Å². The Morgan fingerprint density at radius 1 is 1.15 bits per heavy atom. The number of aldehydes is 1. The molecule has 1 nitrogen and oxygen atoms in total. The van der Waals surface area contributed by atoms with Crippen LogP contribution in [0.15, 0.2) is 35.5 Å². The Labute approximate surface area is 80.8 Å². The molecule has 0 rings (SSSR count). The van der Waals surface area contributed by atoms with E-state index in [0.29, 0.717) is 0 Å². The van der Waals surface area contributed by atoms with Crippen LogP contribution < -0.4 is 0 Å². The van der Waals surface area contributed by atoms with E-state index in [1.54, 1.807) is 6.08 Å². The van der Waals surface area contributed by atoms with Crippen LogP contribution in [0, 0.1) is 0 Å². The number of hydrogen-bond donors (Lipinski definition) is 0. The van der Waals surface area contributed by atoms with Crippen molar-refractivity contribution in [3.05, 3.63) is 35.5 Å². The molecule has 0 unspecified atom stereocenters. The van der Waals surface area contributed by atoms with Crippen molar-refractivity contribution in [1.82, 2.24) is 0 Å². The monoisotopic (exact) mass is 178 g/mol. The standard InChI is InChI=1S/C12H18O/c1-11(2)7-6-9-12(3)8-4-5-10-13/h4-5,7-8,10H,6,9H2,1-3H3. The molecule has 72 valence electrons. The van der Waals surface area contributed by atoms with Crippen LogP contribution in [0.1, 0.15) is 33.6 Å². The second-order valence-electron chi connectivity index (χ2n) is 3.35. The summed E-state index contributed by atoms with van der Waals surface area (Å²) in [7, 11) is 0. The van der Waals surface area contributed by atoms with Crippen molar-refractivity contribution in [2.24, 2.45) is 0 Å². The van der Waals surface area contributed by atoms with Gasteiger partial charge in [-0.2, -0.15) is 0 Å². The molecule has 0 bridgehead atoms. The summed E-state index contributed by atoms with van der Waals surface area (Å²) in [6.07, 6.45) is 10.4. The lowest BCUT2D eigenvalue weighted by atomic mass is 10.1. The zero-order valence-corrected chi connectivity index (χ0v) is 8.71. The van der Waals surface area contributed by atoms with E-state index in [2.05, 4.69) is 26.8 Å². The third-order valence-corrected chi connectivity index (χ3v) is 1.66. The molecule has 0 atom stereocenters. The van der Waals surface area contributed by atoms with Crippen molar-refractivity contribution < 1.29 is 4.79 Å². The Bertz CT molecular complexity index is 228. The Kier molecular flexibility index (Phi) is 6.89. The molecule has 0 aliphatic heterocycles. The van der Waals surface area contributed by atoms with Crippen LogP contribution in [-0.2, 0) is 4.79 Å². The first-order chi connectivity index (χ1) is 6.16. The van der Waals surface area contributed by atoms with Gasteiger partial charge in [0.15, 0.2) is 0 Å². The molecule has 0 saturated carbocycles. The van der Waals surface area contributed by atoms with Gasteiger partial charge in [0, 0.05) is 0 Å². The van der Waals surface area contributed by atoms with E-state index < -0.39 is 0 Å². The van der Waals surface area contributed by atoms with Crippen LogP contribution >= 0.6 is 0 Å². The molecule has 0 spiro atoms. The van der Waals surface area contributed by atoms with Crippen molar-refractivity contribution in [3.8, 4) is 0 Å². The molecule has 0 aliphatic rings. The summed E-state index contributed by atoms with van der Waals surface area (Å²) in [4.78, 5) is 9.96. The molecular formula is C12H18O. The Morgan fingerprint density at radius 2 is 1.85 bits per heavy atom. The van der Waals surface area contributed by atoms with Crippen molar-refractivity contribution in [1.29, 1.82) is 0 Å². The summed E-state index contributed by atoms with van der Waals surface area (Å²) < 4.78 is 0. The smallest absolute Gasteiger partial charge is 0.142 e. The first-order valence-corrected chi connectivity index (χ1v) is 4.57. The Hall–Kier alpha value is -1.11. The summed E-state index contributed by atoms with van der Waals surface area (Å²) in [5.41, 5.74) is 2.66. The molecule has 1 heteroatoms. The molecule has 0 aromatic carbocycles. The summed E-state index contributed by atoms with van der Waals surface area (Å²) in [5, 5.41) is 0. The quantitative estimate of drug-likeness (QED) is 0.273. The molecule has 13 heavy (non-hydrogen) atoms. The number of carbonyl (C=O) groups is 1. The minimum absolute atomic E-state index is 0.792. The predicted octanol–water partition coefficient (Wildman–Crippen LogP) is 3.43. The average Bonchev–Trinajstić information content (AvgIpc) is 2.04. The molecule has 0 amide bonds. The molecule has 0 fully saturated rings. The van der Waals surface area contributed by atoms with E-state index in [1.165, 1.54) is 17.2 Å². The van der Waals surface area contributed by atoms with Crippen molar-refractivity contribution in [3.63, 3.8) is 0 Å². The van der Waals surface area contributed by atoms with Crippen LogP contribution in [-0.4, -0.2) is 6.29 Å². The van der Waals surface area contributed by atoms with Crippen LogP contribution in [0.5, 0.6) is 0 Å². The molecular weight excluding hydrogens is 160 g/mol. The number of hydrogen-bond acceptors (Lipinski definition) is 1. The fourth-order valence-electron chi connectivity index (χ4n) is 0.937. The van der Waals surface area contributed by atoms with Gasteiger partial charge in [0.05, 0.1) is 0 Å². The van der Waals surface area contributed by atoms with Gasteiger partial charge in [-0.05, 0) is 39.7 Å². The van der Waals surface area contributed by atoms with E-state index >= 15 is 0 Å². The van der Waals surface area contributed by atoms with Crippen molar-refractivity contribution >= 4 is 6.29 Å². The number of carbonyl (C=O) groups excluding carboxylic acids is 1. The minimum atomic E-state index is 0.792. The van der Waals surface area contributed by atoms with Gasteiger partial charge in [0.2, 0.25) is 0 Å². The first-order valence-electron chi connectivity index (χ1n) is 4.57. The third-order valence-electron chi connectivity index (χ3n) is 1.66. The van der Waals surface area contributed by atoms with Gasteiger partial charge in [0.25, 0.3) is 0 Å². The fourth-order valence-corrected chi connectivity index (χ4v) is 0.937. The molecule has 0 saturated heterocycles. The highest BCUT2D eigenvalue weighted by molar-refractivity contribution is 5.65. The van der Waals surface area contributed by atoms with Crippen LogP contribution in [0.3, 0.4) is 0 Å². The lowest BCUT2D eigenvalue weighted by Gasteiger charge is -1.95. The normalized spacial score (nSPS) is 11.8. The van der Waals surface area contributed by atoms with Gasteiger partial charge in [0.1, 0.15) is 6.29 Å². The molecule has 0 N–H and O–H groups in total. The second kappa shape index (κ2) is 7.53. The SMILES string of the molecule is CC(C)=CCCC(C)=CC=CC=O. The summed E-state index contributed by atoms with van der Waals surface area (Å²) in [6, 6.07) is 0. The Balaban J connectivity index is 3.79. The van der Waals surface area contributed by atoms with Crippen molar-refractivity contribution in [2.75, 3.05) is 0 Å². The van der Waals surface area contributed by atoms with Gasteiger partial charge >= 0.3 is 0 Å². The third kappa shape index (κ3) is 8.80. The summed E-state index contributed by atoms with van der Waals surface area (Å²) >= 11 is 0. The highest BCUT2D eigenvalue weighted by Gasteiger charge is 1.86. The fraction of sp³-hybridized carbons (Fsp3) is 0.417. The zero-order chi connectivity index (χ0) is 10.1. The first kappa shape index (κ1) is 11.9. The van der Waals surface area contributed by atoms with Gasteiger partial charge in [-0.3, -0.25) is 4.79 Å². The lowest BCUT2D eigenvalue weighted by Crippen LogP contribution is -1.75. The highest BCUT2D eigenvalue weighted by Crippen LogP contribution is 2.06. The summed E-state index contributed by atoms with van der Waals surface area (Å²) in [6.45, 7) is 6.28. The van der Waals surface area contributed by atoms with Gasteiger partial charge in [-0.1, -0.05) is 29.4 Å². The van der Waals surface area contributed by atoms with Crippen LogP contribution in [0.4, 0.5) is 0 Å². The molecule has 0 aromatic heterocycles. The molecule has 0 heterocycles. The van der Waals surface area contributed by atoms with Gasteiger partial charge in [-0.25, -0.2) is 0 Å².